The van der Waals surface area contributed by atoms with Gasteiger partial charge < -0.3 is 5.73 Å². The molecule has 0 bridgehead atoms. The van der Waals surface area contributed by atoms with E-state index in [1.807, 2.05) is 43.3 Å². The Labute approximate surface area is 119 Å². The average molecular weight is 290 g/mol. The Morgan fingerprint density at radius 1 is 1.10 bits per heavy atom. The molecule has 5 heteroatoms. The molecule has 106 valence electrons. The molecule has 0 saturated carbocycles. The summed E-state index contributed by atoms with van der Waals surface area (Å²) in [6, 6.07) is 15.7. The molecule has 0 amide bonds. The zero-order valence-electron chi connectivity index (χ0n) is 11.3. The lowest BCUT2D eigenvalue weighted by atomic mass is 10.1. The molecule has 20 heavy (non-hydrogen) atoms. The fourth-order valence-corrected chi connectivity index (χ4v) is 3.32. The van der Waals surface area contributed by atoms with E-state index in [0.717, 1.165) is 11.1 Å². The largest absolute Gasteiger partial charge is 0.329 e. The quantitative estimate of drug-likeness (QED) is 0.884. The maximum Gasteiger partial charge on any atom is 0.241 e. The number of hydrogen-bond donors (Lipinski definition) is 2. The third-order valence-electron chi connectivity index (χ3n) is 3.03. The lowest BCUT2D eigenvalue weighted by Gasteiger charge is -2.17. The molecule has 0 saturated heterocycles. The highest BCUT2D eigenvalue weighted by atomic mass is 32.2. The molecule has 1 atom stereocenters. The molecule has 0 radical (unpaired) electrons. The number of hydrogen-bond acceptors (Lipinski definition) is 3. The summed E-state index contributed by atoms with van der Waals surface area (Å²) in [7, 11) is -3.57. The van der Waals surface area contributed by atoms with Gasteiger partial charge in [0.1, 0.15) is 0 Å². The fraction of sp³-hybridized carbons (Fsp3) is 0.200. The molecule has 0 aliphatic carbocycles. The number of rotatable bonds is 5. The Balaban J connectivity index is 2.27. The Bertz CT molecular complexity index is 669. The normalized spacial score (nSPS) is 13.1. The maximum absolute atomic E-state index is 12.4. The maximum atomic E-state index is 12.4. The molecule has 4 nitrogen and oxygen atoms in total. The number of aryl methyl sites for hydroxylation is 1. The summed E-state index contributed by atoms with van der Waals surface area (Å²) in [6.07, 6.45) is 0. The van der Waals surface area contributed by atoms with Crippen molar-refractivity contribution in [1.29, 1.82) is 0 Å². The SMILES string of the molecule is Cc1cccc(S(=O)(=O)NC(CN)c2ccccc2)c1. The van der Waals surface area contributed by atoms with Crippen LogP contribution in [-0.4, -0.2) is 15.0 Å². The molecule has 3 N–H and O–H groups in total. The molecule has 1 unspecified atom stereocenters. The molecule has 2 rings (SSSR count). The van der Waals surface area contributed by atoms with Crippen LogP contribution in [0.15, 0.2) is 59.5 Å². The first-order chi connectivity index (χ1) is 9.53. The van der Waals surface area contributed by atoms with E-state index < -0.39 is 16.1 Å². The average Bonchev–Trinajstić information content (AvgIpc) is 2.46. The van der Waals surface area contributed by atoms with Gasteiger partial charge in [0.25, 0.3) is 0 Å². The summed E-state index contributed by atoms with van der Waals surface area (Å²) in [5.74, 6) is 0. The van der Waals surface area contributed by atoms with Crippen molar-refractivity contribution >= 4 is 10.0 Å². The zero-order valence-corrected chi connectivity index (χ0v) is 12.1. The minimum atomic E-state index is -3.57. The summed E-state index contributed by atoms with van der Waals surface area (Å²) in [5.41, 5.74) is 7.45. The van der Waals surface area contributed by atoms with E-state index >= 15 is 0 Å². The van der Waals surface area contributed by atoms with Crippen molar-refractivity contribution in [3.63, 3.8) is 0 Å². The number of benzene rings is 2. The van der Waals surface area contributed by atoms with Gasteiger partial charge in [0, 0.05) is 6.54 Å². The van der Waals surface area contributed by atoms with E-state index in [2.05, 4.69) is 4.72 Å². The minimum absolute atomic E-state index is 0.203. The van der Waals surface area contributed by atoms with E-state index in [0.29, 0.717) is 0 Å². The fourth-order valence-electron chi connectivity index (χ4n) is 1.98. The standard InChI is InChI=1S/C15H18N2O2S/c1-12-6-5-9-14(10-12)20(18,19)17-15(11-16)13-7-3-2-4-8-13/h2-10,15,17H,11,16H2,1H3. The van der Waals surface area contributed by atoms with Gasteiger partial charge in [-0.2, -0.15) is 0 Å². The topological polar surface area (TPSA) is 72.2 Å². The molecule has 0 heterocycles. The van der Waals surface area contributed by atoms with Gasteiger partial charge in [0.15, 0.2) is 0 Å². The van der Waals surface area contributed by atoms with E-state index in [-0.39, 0.29) is 11.4 Å². The van der Waals surface area contributed by atoms with Gasteiger partial charge in [0.2, 0.25) is 10.0 Å². The smallest absolute Gasteiger partial charge is 0.241 e. The second-order valence-electron chi connectivity index (χ2n) is 4.64. The van der Waals surface area contributed by atoms with Crippen LogP contribution in [0.5, 0.6) is 0 Å². The van der Waals surface area contributed by atoms with Crippen LogP contribution in [0.25, 0.3) is 0 Å². The van der Waals surface area contributed by atoms with Crippen molar-refractivity contribution in [2.75, 3.05) is 6.54 Å². The van der Waals surface area contributed by atoms with Gasteiger partial charge in [-0.25, -0.2) is 13.1 Å². The van der Waals surface area contributed by atoms with Gasteiger partial charge in [-0.3, -0.25) is 0 Å². The van der Waals surface area contributed by atoms with Gasteiger partial charge in [-0.15, -0.1) is 0 Å². The van der Waals surface area contributed by atoms with Gasteiger partial charge in [-0.05, 0) is 30.2 Å². The van der Waals surface area contributed by atoms with Crippen LogP contribution < -0.4 is 10.5 Å². The van der Waals surface area contributed by atoms with E-state index in [9.17, 15) is 8.42 Å². The molecular weight excluding hydrogens is 272 g/mol. The molecule has 0 spiro atoms. The van der Waals surface area contributed by atoms with Crippen molar-refractivity contribution in [1.82, 2.24) is 4.72 Å². The van der Waals surface area contributed by atoms with Crippen LogP contribution >= 0.6 is 0 Å². The first-order valence-electron chi connectivity index (χ1n) is 6.37. The summed E-state index contributed by atoms with van der Waals surface area (Å²) >= 11 is 0. The molecule has 2 aromatic rings. The predicted octanol–water partition coefficient (Wildman–Crippen LogP) is 1.97. The molecule has 2 aromatic carbocycles. The highest BCUT2D eigenvalue weighted by molar-refractivity contribution is 7.89. The van der Waals surface area contributed by atoms with Gasteiger partial charge in [0.05, 0.1) is 10.9 Å². The lowest BCUT2D eigenvalue weighted by molar-refractivity contribution is 0.558. The third kappa shape index (κ3) is 3.45. The molecule has 0 aliphatic rings. The number of sulfonamides is 1. The van der Waals surface area contributed by atoms with Crippen LogP contribution in [0.4, 0.5) is 0 Å². The monoisotopic (exact) mass is 290 g/mol. The van der Waals surface area contributed by atoms with Crippen LogP contribution in [-0.2, 0) is 10.0 Å². The first-order valence-corrected chi connectivity index (χ1v) is 7.85. The van der Waals surface area contributed by atoms with Crippen molar-refractivity contribution in [3.05, 3.63) is 65.7 Å². The predicted molar refractivity (Wildman–Crippen MR) is 79.7 cm³/mol. The summed E-state index contributed by atoms with van der Waals surface area (Å²) in [5, 5.41) is 0. The number of nitrogens with two attached hydrogens (primary N) is 1. The van der Waals surface area contributed by atoms with Gasteiger partial charge in [-0.1, -0.05) is 42.5 Å². The molecular formula is C15H18N2O2S. The molecule has 0 fully saturated rings. The van der Waals surface area contributed by atoms with Crippen LogP contribution in [0.2, 0.25) is 0 Å². The van der Waals surface area contributed by atoms with E-state index in [4.69, 9.17) is 5.73 Å². The highest BCUT2D eigenvalue weighted by Gasteiger charge is 2.20. The second-order valence-corrected chi connectivity index (χ2v) is 6.35. The Morgan fingerprint density at radius 2 is 1.80 bits per heavy atom. The van der Waals surface area contributed by atoms with Gasteiger partial charge >= 0.3 is 0 Å². The van der Waals surface area contributed by atoms with Crippen molar-refractivity contribution in [2.24, 2.45) is 5.73 Å². The summed E-state index contributed by atoms with van der Waals surface area (Å²) < 4.78 is 27.4. The third-order valence-corrected chi connectivity index (χ3v) is 4.50. The summed E-state index contributed by atoms with van der Waals surface area (Å²) in [6.45, 7) is 2.06. The summed E-state index contributed by atoms with van der Waals surface area (Å²) in [4.78, 5) is 0.256. The molecule has 0 aromatic heterocycles. The second kappa shape index (κ2) is 6.17. The van der Waals surface area contributed by atoms with Crippen molar-refractivity contribution in [2.45, 2.75) is 17.9 Å². The van der Waals surface area contributed by atoms with Crippen LogP contribution in [0, 0.1) is 6.92 Å². The van der Waals surface area contributed by atoms with Crippen molar-refractivity contribution < 1.29 is 8.42 Å². The zero-order chi connectivity index (χ0) is 14.6. The Morgan fingerprint density at radius 3 is 2.40 bits per heavy atom. The van der Waals surface area contributed by atoms with Crippen LogP contribution in [0.1, 0.15) is 17.2 Å². The Hall–Kier alpha value is -1.69. The van der Waals surface area contributed by atoms with Crippen LogP contribution in [0.3, 0.4) is 0 Å². The highest BCUT2D eigenvalue weighted by Crippen LogP contribution is 2.17. The lowest BCUT2D eigenvalue weighted by Crippen LogP contribution is -2.33. The molecule has 0 aliphatic heterocycles. The first kappa shape index (κ1) is 14.7. The van der Waals surface area contributed by atoms with E-state index in [1.165, 1.54) is 0 Å². The van der Waals surface area contributed by atoms with E-state index in [1.54, 1.807) is 18.2 Å². The minimum Gasteiger partial charge on any atom is -0.329 e. The van der Waals surface area contributed by atoms with Crippen molar-refractivity contribution in [3.8, 4) is 0 Å². The number of nitrogens with one attached hydrogen (secondary N) is 1. The Kier molecular flexibility index (Phi) is 4.54.